The lowest BCUT2D eigenvalue weighted by Crippen LogP contribution is -2.46. The first-order chi connectivity index (χ1) is 10.2. The summed E-state index contributed by atoms with van der Waals surface area (Å²) in [4.78, 5) is 18.1. The Bertz CT molecular complexity index is 621. The van der Waals surface area contributed by atoms with Gasteiger partial charge in [0.2, 0.25) is 5.13 Å². The number of nitrogens with zero attached hydrogens (tertiary/aromatic N) is 6. The van der Waals surface area contributed by atoms with Crippen molar-refractivity contribution in [1.29, 1.82) is 0 Å². The Labute approximate surface area is 132 Å². The molecular formula is C13H18N6S2. The van der Waals surface area contributed by atoms with Gasteiger partial charge in [0.15, 0.2) is 5.16 Å². The topological polar surface area (TPSA) is 58.0 Å². The van der Waals surface area contributed by atoms with Crippen molar-refractivity contribution >= 4 is 34.2 Å². The summed E-state index contributed by atoms with van der Waals surface area (Å²) in [6.45, 7) is 7.75. The second-order valence-electron chi connectivity index (χ2n) is 4.95. The summed E-state index contributed by atoms with van der Waals surface area (Å²) in [7, 11) is 0. The third-order valence-electron chi connectivity index (χ3n) is 3.39. The molecule has 0 unspecified atom stereocenters. The second kappa shape index (κ2) is 6.15. The summed E-state index contributed by atoms with van der Waals surface area (Å²) in [6.07, 6.45) is 2.01. The van der Waals surface area contributed by atoms with Crippen LogP contribution in [0.25, 0.3) is 0 Å². The van der Waals surface area contributed by atoms with Crippen LogP contribution in [0.2, 0.25) is 0 Å². The van der Waals surface area contributed by atoms with E-state index in [9.17, 15) is 0 Å². The van der Waals surface area contributed by atoms with Gasteiger partial charge in [0.05, 0.1) is 0 Å². The molecule has 1 aliphatic heterocycles. The van der Waals surface area contributed by atoms with E-state index in [1.807, 2.05) is 20.1 Å². The molecule has 0 saturated carbocycles. The van der Waals surface area contributed by atoms with Crippen LogP contribution in [0.4, 0.5) is 10.9 Å². The molecule has 2 aromatic rings. The van der Waals surface area contributed by atoms with Crippen LogP contribution in [0.5, 0.6) is 0 Å². The maximum atomic E-state index is 4.61. The fraction of sp³-hybridized carbons (Fsp3) is 0.538. The van der Waals surface area contributed by atoms with E-state index >= 15 is 0 Å². The van der Waals surface area contributed by atoms with Crippen LogP contribution >= 0.6 is 23.3 Å². The Kier molecular flexibility index (Phi) is 4.25. The third-order valence-corrected chi connectivity index (χ3v) is 4.81. The molecule has 0 amide bonds. The predicted molar refractivity (Wildman–Crippen MR) is 87.6 cm³/mol. The Balaban J connectivity index is 1.69. The second-order valence-corrected chi connectivity index (χ2v) is 6.46. The van der Waals surface area contributed by atoms with Gasteiger partial charge in [0.1, 0.15) is 11.6 Å². The van der Waals surface area contributed by atoms with Crippen molar-refractivity contribution in [1.82, 2.24) is 19.3 Å². The van der Waals surface area contributed by atoms with Gasteiger partial charge in [0.25, 0.3) is 0 Å². The van der Waals surface area contributed by atoms with Crippen molar-refractivity contribution in [2.45, 2.75) is 19.0 Å². The predicted octanol–water partition coefficient (Wildman–Crippen LogP) is 1.99. The summed E-state index contributed by atoms with van der Waals surface area (Å²) >= 11 is 3.06. The normalized spacial score (nSPS) is 15.6. The van der Waals surface area contributed by atoms with Crippen LogP contribution in [-0.2, 0) is 0 Å². The number of hydrogen-bond donors (Lipinski definition) is 0. The molecule has 1 saturated heterocycles. The average molecular weight is 322 g/mol. The highest BCUT2D eigenvalue weighted by Crippen LogP contribution is 2.22. The highest BCUT2D eigenvalue weighted by Gasteiger charge is 2.21. The SMILES string of the molecule is CSc1nc(C)cc(N2CCN(c3nc(C)ns3)CC2)n1. The van der Waals surface area contributed by atoms with Crippen molar-refractivity contribution < 1.29 is 0 Å². The lowest BCUT2D eigenvalue weighted by molar-refractivity contribution is 0.641. The third kappa shape index (κ3) is 3.26. The lowest BCUT2D eigenvalue weighted by atomic mass is 10.3. The quantitative estimate of drug-likeness (QED) is 0.632. The zero-order chi connectivity index (χ0) is 14.8. The fourth-order valence-electron chi connectivity index (χ4n) is 2.32. The van der Waals surface area contributed by atoms with Crippen LogP contribution in [0.1, 0.15) is 11.5 Å². The molecule has 3 rings (SSSR count). The summed E-state index contributed by atoms with van der Waals surface area (Å²) < 4.78 is 4.26. The number of hydrogen-bond acceptors (Lipinski definition) is 8. The molecule has 21 heavy (non-hydrogen) atoms. The van der Waals surface area contributed by atoms with Gasteiger partial charge in [0, 0.05) is 49.5 Å². The van der Waals surface area contributed by atoms with Crippen LogP contribution in [-0.4, -0.2) is 51.8 Å². The first-order valence-corrected chi connectivity index (χ1v) is 8.85. The molecule has 1 aliphatic rings. The van der Waals surface area contributed by atoms with Crippen molar-refractivity contribution in [2.24, 2.45) is 0 Å². The van der Waals surface area contributed by atoms with E-state index < -0.39 is 0 Å². The number of anilines is 2. The summed E-state index contributed by atoms with van der Waals surface area (Å²) in [5.74, 6) is 1.88. The van der Waals surface area contributed by atoms with Gasteiger partial charge in [-0.1, -0.05) is 11.8 Å². The van der Waals surface area contributed by atoms with Crippen LogP contribution in [0, 0.1) is 13.8 Å². The van der Waals surface area contributed by atoms with E-state index in [1.54, 1.807) is 11.8 Å². The number of piperazine rings is 1. The van der Waals surface area contributed by atoms with Crippen molar-refractivity contribution in [3.05, 3.63) is 17.6 Å². The molecular weight excluding hydrogens is 304 g/mol. The van der Waals surface area contributed by atoms with Crippen molar-refractivity contribution in [3.8, 4) is 0 Å². The van der Waals surface area contributed by atoms with Gasteiger partial charge < -0.3 is 9.80 Å². The first kappa shape index (κ1) is 14.5. The zero-order valence-corrected chi connectivity index (χ0v) is 14.0. The lowest BCUT2D eigenvalue weighted by Gasteiger charge is -2.35. The maximum absolute atomic E-state index is 4.61. The van der Waals surface area contributed by atoms with Gasteiger partial charge in [-0.3, -0.25) is 0 Å². The first-order valence-electron chi connectivity index (χ1n) is 6.85. The molecule has 0 aliphatic carbocycles. The molecule has 6 nitrogen and oxygen atoms in total. The van der Waals surface area contributed by atoms with Gasteiger partial charge >= 0.3 is 0 Å². The number of thioether (sulfide) groups is 1. The molecule has 0 radical (unpaired) electrons. The molecule has 1 fully saturated rings. The minimum absolute atomic E-state index is 0.840. The average Bonchev–Trinajstić information content (AvgIpc) is 2.93. The molecule has 3 heterocycles. The molecule has 0 spiro atoms. The monoisotopic (exact) mass is 322 g/mol. The Morgan fingerprint density at radius 2 is 1.76 bits per heavy atom. The molecule has 0 aromatic carbocycles. The molecule has 112 valence electrons. The van der Waals surface area contributed by atoms with E-state index in [1.165, 1.54) is 11.5 Å². The molecule has 8 heteroatoms. The molecule has 0 bridgehead atoms. The van der Waals surface area contributed by atoms with Crippen LogP contribution in [0.15, 0.2) is 11.2 Å². The van der Waals surface area contributed by atoms with Gasteiger partial charge in [-0.2, -0.15) is 4.37 Å². The van der Waals surface area contributed by atoms with E-state index in [2.05, 4.69) is 35.2 Å². The fourth-order valence-corrected chi connectivity index (χ4v) is 3.47. The largest absolute Gasteiger partial charge is 0.353 e. The van der Waals surface area contributed by atoms with E-state index in [-0.39, 0.29) is 0 Å². The van der Waals surface area contributed by atoms with E-state index in [0.29, 0.717) is 0 Å². The van der Waals surface area contributed by atoms with Gasteiger partial charge in [-0.25, -0.2) is 15.0 Å². The standard InChI is InChI=1S/C13H18N6S2/c1-9-8-11(16-12(14-9)20-3)18-4-6-19(7-5-18)13-15-10(2)17-21-13/h8H,4-7H2,1-3H3. The number of rotatable bonds is 3. The van der Waals surface area contributed by atoms with E-state index in [0.717, 1.165) is 53.8 Å². The van der Waals surface area contributed by atoms with E-state index in [4.69, 9.17) is 0 Å². The Morgan fingerprint density at radius 1 is 1.05 bits per heavy atom. The molecule has 0 atom stereocenters. The summed E-state index contributed by atoms with van der Waals surface area (Å²) in [5, 5.41) is 1.86. The van der Waals surface area contributed by atoms with Crippen molar-refractivity contribution in [3.63, 3.8) is 0 Å². The van der Waals surface area contributed by atoms with Crippen LogP contribution < -0.4 is 9.80 Å². The number of aromatic nitrogens is 4. The van der Waals surface area contributed by atoms with Crippen molar-refractivity contribution in [2.75, 3.05) is 42.2 Å². The smallest absolute Gasteiger partial charge is 0.205 e. The number of aryl methyl sites for hydroxylation is 2. The molecule has 2 aromatic heterocycles. The summed E-state index contributed by atoms with van der Waals surface area (Å²) in [6, 6.07) is 2.06. The Hall–Kier alpha value is -1.41. The Morgan fingerprint density at radius 3 is 2.38 bits per heavy atom. The summed E-state index contributed by atoms with van der Waals surface area (Å²) in [5.41, 5.74) is 1.02. The zero-order valence-electron chi connectivity index (χ0n) is 12.4. The van der Waals surface area contributed by atoms with Gasteiger partial charge in [-0.15, -0.1) is 0 Å². The van der Waals surface area contributed by atoms with Crippen LogP contribution in [0.3, 0.4) is 0 Å². The minimum Gasteiger partial charge on any atom is -0.353 e. The van der Waals surface area contributed by atoms with Gasteiger partial charge in [-0.05, 0) is 20.1 Å². The highest BCUT2D eigenvalue weighted by atomic mass is 32.2. The molecule has 0 N–H and O–H groups in total. The minimum atomic E-state index is 0.840. The highest BCUT2D eigenvalue weighted by molar-refractivity contribution is 7.98. The maximum Gasteiger partial charge on any atom is 0.205 e.